The summed E-state index contributed by atoms with van der Waals surface area (Å²) in [6.45, 7) is 6.90. The molecule has 2 aromatic carbocycles. The number of H-pyrrole nitrogens is 1. The highest BCUT2D eigenvalue weighted by Gasteiger charge is 2.26. The van der Waals surface area contributed by atoms with Crippen molar-refractivity contribution in [2.45, 2.75) is 13.8 Å². The summed E-state index contributed by atoms with van der Waals surface area (Å²) in [6.07, 6.45) is 7.35. The van der Waals surface area contributed by atoms with Gasteiger partial charge in [-0.1, -0.05) is 29.8 Å². The molecular formula is C30H26ClFN8O. The highest BCUT2D eigenvalue weighted by atomic mass is 35.5. The summed E-state index contributed by atoms with van der Waals surface area (Å²) in [6, 6.07) is 12.9. The fraction of sp³-hybridized carbons (Fsp3) is 0.200. The molecule has 206 valence electrons. The molecule has 3 aromatic heterocycles. The number of nitrogens with one attached hydrogen (secondary N) is 2. The molecule has 2 N–H and O–H groups in total. The van der Waals surface area contributed by atoms with Gasteiger partial charge in [0.25, 0.3) is 0 Å². The molecule has 5 aromatic rings. The summed E-state index contributed by atoms with van der Waals surface area (Å²) in [4.78, 5) is 13.7. The number of para-hydroxylation sites is 1. The fourth-order valence-electron chi connectivity index (χ4n) is 5.11. The molecule has 0 atom stereocenters. The number of benzene rings is 2. The smallest absolute Gasteiger partial charge is 0.160 e. The van der Waals surface area contributed by atoms with E-state index in [2.05, 4.69) is 42.6 Å². The normalized spacial score (nSPS) is 13.7. The van der Waals surface area contributed by atoms with Gasteiger partial charge in [0.1, 0.15) is 28.0 Å². The number of nitriles is 1. The van der Waals surface area contributed by atoms with Gasteiger partial charge in [0.15, 0.2) is 17.3 Å². The maximum absolute atomic E-state index is 14.7. The van der Waals surface area contributed by atoms with Crippen molar-refractivity contribution < 1.29 is 9.13 Å². The van der Waals surface area contributed by atoms with Gasteiger partial charge < -0.3 is 19.9 Å². The zero-order chi connectivity index (χ0) is 28.5. The van der Waals surface area contributed by atoms with Crippen LogP contribution in [0.2, 0.25) is 5.02 Å². The molecule has 0 radical (unpaired) electrons. The van der Waals surface area contributed by atoms with Crippen molar-refractivity contribution in [1.29, 1.82) is 5.26 Å². The summed E-state index contributed by atoms with van der Waals surface area (Å²) in [7, 11) is 0. The van der Waals surface area contributed by atoms with Gasteiger partial charge in [0.05, 0.1) is 34.2 Å². The Morgan fingerprint density at radius 1 is 1.17 bits per heavy atom. The summed E-state index contributed by atoms with van der Waals surface area (Å²) < 4.78 is 21.0. The third kappa shape index (κ3) is 4.85. The van der Waals surface area contributed by atoms with E-state index in [-0.39, 0.29) is 10.8 Å². The Morgan fingerprint density at radius 2 is 2.00 bits per heavy atom. The summed E-state index contributed by atoms with van der Waals surface area (Å²) >= 11 is 6.38. The van der Waals surface area contributed by atoms with Gasteiger partial charge in [-0.2, -0.15) is 10.4 Å². The molecule has 4 heterocycles. The standard InChI is InChI=1S/C30H26ClFN8O/c1-3-10-39-11-13-40(14-12-39)28-19-6-4-8-25(41-29-21-17-35-38-24(21)15-22(32)26(29)31)27(19)37-30(20(28)16-33)36-23-7-5-9-34-18(23)2/h3-10,15,17H,11-14H2,1-2H3,(H,35,38)(H,36,37). The third-order valence-electron chi connectivity index (χ3n) is 7.12. The number of hydrogen-bond donors (Lipinski definition) is 2. The zero-order valence-electron chi connectivity index (χ0n) is 22.4. The predicted octanol–water partition coefficient (Wildman–Crippen LogP) is 6.67. The first kappa shape index (κ1) is 26.3. The Labute approximate surface area is 240 Å². The van der Waals surface area contributed by atoms with Crippen LogP contribution < -0.4 is 15.0 Å². The lowest BCUT2D eigenvalue weighted by molar-refractivity contribution is 0.349. The van der Waals surface area contributed by atoms with Crippen molar-refractivity contribution in [3.63, 3.8) is 0 Å². The van der Waals surface area contributed by atoms with Crippen molar-refractivity contribution >= 4 is 50.6 Å². The molecule has 1 fully saturated rings. The highest BCUT2D eigenvalue weighted by molar-refractivity contribution is 6.33. The van der Waals surface area contributed by atoms with Crippen molar-refractivity contribution in [2.24, 2.45) is 0 Å². The molecular weight excluding hydrogens is 543 g/mol. The highest BCUT2D eigenvalue weighted by Crippen LogP contribution is 2.43. The molecule has 0 unspecified atom stereocenters. The maximum atomic E-state index is 14.7. The Bertz CT molecular complexity index is 1840. The van der Waals surface area contributed by atoms with E-state index in [0.717, 1.165) is 35.5 Å². The number of nitrogens with zero attached hydrogens (tertiary/aromatic N) is 6. The minimum absolute atomic E-state index is 0.133. The molecule has 0 bridgehead atoms. The average Bonchev–Trinajstić information content (AvgIpc) is 3.45. The van der Waals surface area contributed by atoms with E-state index in [1.165, 1.54) is 12.3 Å². The van der Waals surface area contributed by atoms with Crippen LogP contribution in [0.1, 0.15) is 18.2 Å². The Balaban J connectivity index is 1.54. The largest absolute Gasteiger partial charge is 0.453 e. The fourth-order valence-corrected chi connectivity index (χ4v) is 5.31. The van der Waals surface area contributed by atoms with Crippen LogP contribution in [0.3, 0.4) is 0 Å². The molecule has 1 saturated heterocycles. The lowest BCUT2D eigenvalue weighted by Crippen LogP contribution is -2.44. The van der Waals surface area contributed by atoms with Gasteiger partial charge in [0.2, 0.25) is 0 Å². The minimum atomic E-state index is -0.632. The molecule has 1 aliphatic rings. The van der Waals surface area contributed by atoms with Crippen LogP contribution in [0.5, 0.6) is 11.5 Å². The Morgan fingerprint density at radius 3 is 2.76 bits per heavy atom. The number of piperazine rings is 1. The van der Waals surface area contributed by atoms with Gasteiger partial charge in [-0.3, -0.25) is 10.1 Å². The molecule has 0 saturated carbocycles. The van der Waals surface area contributed by atoms with Crippen LogP contribution in [0.4, 0.5) is 21.6 Å². The van der Waals surface area contributed by atoms with Crippen LogP contribution >= 0.6 is 11.6 Å². The number of aromatic nitrogens is 4. The molecule has 1 aliphatic heterocycles. The van der Waals surface area contributed by atoms with E-state index in [4.69, 9.17) is 21.3 Å². The Kier molecular flexibility index (Phi) is 7.03. The summed E-state index contributed by atoms with van der Waals surface area (Å²) in [5.41, 5.74) is 3.61. The van der Waals surface area contributed by atoms with Crippen LogP contribution in [0.25, 0.3) is 21.8 Å². The van der Waals surface area contributed by atoms with Crippen LogP contribution in [-0.2, 0) is 0 Å². The molecule has 0 aliphatic carbocycles. The van der Waals surface area contributed by atoms with Crippen LogP contribution in [0, 0.1) is 24.1 Å². The van der Waals surface area contributed by atoms with Gasteiger partial charge >= 0.3 is 0 Å². The van der Waals surface area contributed by atoms with Gasteiger partial charge in [-0.25, -0.2) is 9.37 Å². The SMILES string of the molecule is CC=CN1CCN(c2c(C#N)c(Nc3cccnc3C)nc3c(Oc4c(Cl)c(F)cc5[nH]ncc45)cccc23)CC1. The van der Waals surface area contributed by atoms with E-state index in [1.807, 2.05) is 44.2 Å². The van der Waals surface area contributed by atoms with Gasteiger partial charge in [-0.05, 0) is 38.2 Å². The predicted molar refractivity (Wildman–Crippen MR) is 158 cm³/mol. The van der Waals surface area contributed by atoms with Crippen molar-refractivity contribution in [1.82, 2.24) is 25.1 Å². The second kappa shape index (κ2) is 10.9. The molecule has 41 heavy (non-hydrogen) atoms. The number of fused-ring (bicyclic) bond motifs is 2. The van der Waals surface area contributed by atoms with E-state index >= 15 is 0 Å². The van der Waals surface area contributed by atoms with Crippen LogP contribution in [-0.4, -0.2) is 51.2 Å². The number of pyridine rings is 2. The summed E-state index contributed by atoms with van der Waals surface area (Å²) in [5, 5.41) is 21.7. The first-order chi connectivity index (χ1) is 20.0. The lowest BCUT2D eigenvalue weighted by atomic mass is 10.1. The number of anilines is 3. The molecule has 6 rings (SSSR count). The van der Waals surface area contributed by atoms with Crippen LogP contribution in [0.15, 0.2) is 61.1 Å². The molecule has 11 heteroatoms. The number of hydrogen-bond acceptors (Lipinski definition) is 8. The van der Waals surface area contributed by atoms with E-state index in [0.29, 0.717) is 46.6 Å². The maximum Gasteiger partial charge on any atom is 0.160 e. The van der Waals surface area contributed by atoms with Gasteiger partial charge in [-0.15, -0.1) is 0 Å². The van der Waals surface area contributed by atoms with Crippen molar-refractivity contribution in [3.05, 3.63) is 83.2 Å². The van der Waals surface area contributed by atoms with E-state index in [9.17, 15) is 9.65 Å². The minimum Gasteiger partial charge on any atom is -0.453 e. The number of aryl methyl sites for hydroxylation is 1. The van der Waals surface area contributed by atoms with E-state index in [1.54, 1.807) is 12.3 Å². The first-order valence-corrected chi connectivity index (χ1v) is 13.5. The van der Waals surface area contributed by atoms with Crippen molar-refractivity contribution in [2.75, 3.05) is 36.4 Å². The quantitative estimate of drug-likeness (QED) is 0.234. The second-order valence-corrected chi connectivity index (χ2v) is 10.0. The van der Waals surface area contributed by atoms with E-state index < -0.39 is 5.82 Å². The number of aromatic amines is 1. The first-order valence-electron chi connectivity index (χ1n) is 13.1. The molecule has 0 spiro atoms. The lowest BCUT2D eigenvalue weighted by Gasteiger charge is -2.36. The average molecular weight is 569 g/mol. The van der Waals surface area contributed by atoms with Gasteiger partial charge in [0, 0.05) is 43.8 Å². The zero-order valence-corrected chi connectivity index (χ0v) is 23.2. The molecule has 0 amide bonds. The topological polar surface area (TPSA) is 106 Å². The number of ether oxygens (including phenoxy) is 1. The number of halogens is 2. The summed E-state index contributed by atoms with van der Waals surface area (Å²) in [5.74, 6) is 0.235. The number of rotatable bonds is 6. The third-order valence-corrected chi connectivity index (χ3v) is 7.47. The Hall–Kier alpha value is -4.88. The molecule has 9 nitrogen and oxygen atoms in total. The second-order valence-electron chi connectivity index (χ2n) is 9.65. The monoisotopic (exact) mass is 568 g/mol. The number of allylic oxidation sites excluding steroid dienone is 1. The van der Waals surface area contributed by atoms with Crippen molar-refractivity contribution in [3.8, 4) is 17.6 Å².